The molecule has 0 saturated heterocycles. The van der Waals surface area contributed by atoms with Gasteiger partial charge in [-0.15, -0.1) is 0 Å². The number of carbonyl (C=O) groups is 3. The summed E-state index contributed by atoms with van der Waals surface area (Å²) in [6.07, 6.45) is 0.503. The van der Waals surface area contributed by atoms with Gasteiger partial charge < -0.3 is 26.3 Å². The number of rotatable bonds is 8. The second-order valence-electron chi connectivity index (χ2n) is 10.6. The lowest BCUT2D eigenvalue weighted by Gasteiger charge is -2.16. The van der Waals surface area contributed by atoms with Crippen LogP contribution in [-0.2, 0) is 17.8 Å². The van der Waals surface area contributed by atoms with Crippen LogP contribution in [0, 0.1) is 20.8 Å². The van der Waals surface area contributed by atoms with Gasteiger partial charge in [0, 0.05) is 42.4 Å². The summed E-state index contributed by atoms with van der Waals surface area (Å²) in [6, 6.07) is 18.5. The number of aromatic amines is 2. The van der Waals surface area contributed by atoms with E-state index in [0.717, 1.165) is 33.5 Å². The number of pyridine rings is 1. The standard InChI is InChI=1S/C33H32N6O4/c1-17-12-18(2)36-33(43)26(17)16-35-32(42)25-14-23(15-28(19(25)3)37-20(4)40)22-10-8-21(9-11-22)13-29-38-27-7-5-6-24(31(34)41)30(27)39-29/h5-12,14-15H,13,16H2,1-4H3,(H2,34,41)(H,35,42)(H,36,43)(H,37,40)(H,38,39). The first-order chi connectivity index (χ1) is 20.5. The largest absolute Gasteiger partial charge is 0.366 e. The van der Waals surface area contributed by atoms with Crippen molar-refractivity contribution < 1.29 is 14.4 Å². The lowest BCUT2D eigenvalue weighted by molar-refractivity contribution is -0.114. The molecule has 5 rings (SSSR count). The summed E-state index contributed by atoms with van der Waals surface area (Å²) >= 11 is 0. The van der Waals surface area contributed by atoms with Gasteiger partial charge in [0.25, 0.3) is 17.4 Å². The number of nitrogens with one attached hydrogen (secondary N) is 4. The zero-order chi connectivity index (χ0) is 30.8. The molecule has 5 aromatic rings. The van der Waals surface area contributed by atoms with Gasteiger partial charge in [-0.3, -0.25) is 19.2 Å². The van der Waals surface area contributed by atoms with Gasteiger partial charge in [0.05, 0.1) is 11.1 Å². The molecule has 3 aromatic carbocycles. The Balaban J connectivity index is 1.41. The number of para-hydroxylation sites is 1. The number of aryl methyl sites for hydroxylation is 2. The number of primary amides is 1. The van der Waals surface area contributed by atoms with Gasteiger partial charge in [-0.25, -0.2) is 4.98 Å². The Bertz CT molecular complexity index is 1950. The molecule has 0 radical (unpaired) electrons. The van der Waals surface area contributed by atoms with Crippen molar-refractivity contribution in [1.29, 1.82) is 0 Å². The lowest BCUT2D eigenvalue weighted by atomic mass is 9.96. The van der Waals surface area contributed by atoms with E-state index in [9.17, 15) is 19.2 Å². The zero-order valence-electron chi connectivity index (χ0n) is 24.3. The molecule has 218 valence electrons. The maximum absolute atomic E-state index is 13.4. The van der Waals surface area contributed by atoms with E-state index in [1.165, 1.54) is 6.92 Å². The van der Waals surface area contributed by atoms with Crippen molar-refractivity contribution in [2.75, 3.05) is 5.32 Å². The Hall–Kier alpha value is -5.51. The highest BCUT2D eigenvalue weighted by molar-refractivity contribution is 6.04. The maximum atomic E-state index is 13.4. The van der Waals surface area contributed by atoms with Gasteiger partial charge in [-0.05, 0) is 78.9 Å². The molecule has 6 N–H and O–H groups in total. The second kappa shape index (κ2) is 11.8. The van der Waals surface area contributed by atoms with E-state index in [0.29, 0.717) is 45.7 Å². The van der Waals surface area contributed by atoms with Gasteiger partial charge >= 0.3 is 0 Å². The Labute approximate surface area is 247 Å². The van der Waals surface area contributed by atoms with Gasteiger partial charge in [-0.1, -0.05) is 30.3 Å². The van der Waals surface area contributed by atoms with Crippen LogP contribution >= 0.6 is 0 Å². The van der Waals surface area contributed by atoms with E-state index in [1.807, 2.05) is 56.3 Å². The Morgan fingerprint density at radius 3 is 2.33 bits per heavy atom. The number of H-pyrrole nitrogens is 2. The van der Waals surface area contributed by atoms with E-state index < -0.39 is 5.91 Å². The normalized spacial score (nSPS) is 11.0. The number of nitrogens with two attached hydrogens (primary N) is 1. The fourth-order valence-corrected chi connectivity index (χ4v) is 5.18. The van der Waals surface area contributed by atoms with E-state index in [4.69, 9.17) is 5.73 Å². The predicted octanol–water partition coefficient (Wildman–Crippen LogP) is 4.42. The summed E-state index contributed by atoms with van der Waals surface area (Å²) in [6.45, 7) is 6.89. The third-order valence-corrected chi connectivity index (χ3v) is 7.37. The fraction of sp³-hybridized carbons (Fsp3) is 0.182. The molecule has 2 aromatic heterocycles. The summed E-state index contributed by atoms with van der Waals surface area (Å²) in [7, 11) is 0. The Morgan fingerprint density at radius 2 is 1.65 bits per heavy atom. The molecule has 3 amide bonds. The van der Waals surface area contributed by atoms with E-state index in [1.54, 1.807) is 25.1 Å². The van der Waals surface area contributed by atoms with Crippen molar-refractivity contribution in [3.8, 4) is 11.1 Å². The molecular weight excluding hydrogens is 544 g/mol. The van der Waals surface area contributed by atoms with E-state index in [-0.39, 0.29) is 23.9 Å². The minimum atomic E-state index is -0.531. The first-order valence-electron chi connectivity index (χ1n) is 13.8. The van der Waals surface area contributed by atoms with Gasteiger partial charge in [0.2, 0.25) is 5.91 Å². The summed E-state index contributed by atoms with van der Waals surface area (Å²) in [5.74, 6) is -0.450. The maximum Gasteiger partial charge on any atom is 0.253 e. The van der Waals surface area contributed by atoms with Crippen molar-refractivity contribution in [3.05, 3.63) is 116 Å². The lowest BCUT2D eigenvalue weighted by Crippen LogP contribution is -2.28. The first kappa shape index (κ1) is 29.0. The highest BCUT2D eigenvalue weighted by Gasteiger charge is 2.17. The van der Waals surface area contributed by atoms with E-state index in [2.05, 4.69) is 25.6 Å². The molecule has 0 spiro atoms. The summed E-state index contributed by atoms with van der Waals surface area (Å²) < 4.78 is 0. The van der Waals surface area contributed by atoms with E-state index >= 15 is 0 Å². The number of nitrogens with zero attached hydrogens (tertiary/aromatic N) is 1. The smallest absolute Gasteiger partial charge is 0.253 e. The molecule has 0 aliphatic heterocycles. The summed E-state index contributed by atoms with van der Waals surface area (Å²) in [5, 5.41) is 5.69. The van der Waals surface area contributed by atoms with Crippen LogP contribution in [0.25, 0.3) is 22.2 Å². The summed E-state index contributed by atoms with van der Waals surface area (Å²) in [4.78, 5) is 60.1. The van der Waals surface area contributed by atoms with Crippen molar-refractivity contribution in [3.63, 3.8) is 0 Å². The van der Waals surface area contributed by atoms with Crippen LogP contribution in [0.1, 0.15) is 61.4 Å². The van der Waals surface area contributed by atoms with Gasteiger partial charge in [-0.2, -0.15) is 0 Å². The van der Waals surface area contributed by atoms with Crippen molar-refractivity contribution >= 4 is 34.4 Å². The molecule has 0 aliphatic rings. The molecule has 0 saturated carbocycles. The van der Waals surface area contributed by atoms with Crippen LogP contribution in [0.15, 0.2) is 65.5 Å². The monoisotopic (exact) mass is 576 g/mol. The molecular formula is C33H32N6O4. The molecule has 0 atom stereocenters. The number of aromatic nitrogens is 3. The second-order valence-corrected chi connectivity index (χ2v) is 10.6. The quantitative estimate of drug-likeness (QED) is 0.184. The molecule has 2 heterocycles. The van der Waals surface area contributed by atoms with Crippen molar-refractivity contribution in [1.82, 2.24) is 20.3 Å². The van der Waals surface area contributed by atoms with Crippen LogP contribution in [0.4, 0.5) is 5.69 Å². The number of hydrogen-bond acceptors (Lipinski definition) is 5. The summed E-state index contributed by atoms with van der Waals surface area (Å²) in [5.41, 5.74) is 13.0. The first-order valence-corrected chi connectivity index (χ1v) is 13.8. The predicted molar refractivity (Wildman–Crippen MR) is 166 cm³/mol. The third-order valence-electron chi connectivity index (χ3n) is 7.37. The van der Waals surface area contributed by atoms with Crippen molar-refractivity contribution in [2.45, 2.75) is 40.7 Å². The molecule has 10 heteroatoms. The molecule has 0 aliphatic carbocycles. The topological polar surface area (TPSA) is 163 Å². The van der Waals surface area contributed by atoms with Gasteiger partial charge in [0.1, 0.15) is 11.3 Å². The zero-order valence-corrected chi connectivity index (χ0v) is 24.3. The Morgan fingerprint density at radius 1 is 0.907 bits per heavy atom. The minimum absolute atomic E-state index is 0.0663. The number of imidazole rings is 1. The van der Waals surface area contributed by atoms with Crippen molar-refractivity contribution in [2.24, 2.45) is 5.73 Å². The number of benzene rings is 3. The molecule has 43 heavy (non-hydrogen) atoms. The third kappa shape index (κ3) is 6.23. The average molecular weight is 577 g/mol. The SMILES string of the molecule is CC(=O)Nc1cc(-c2ccc(Cc3nc4c(C(N)=O)cccc4[nH]3)cc2)cc(C(=O)NCc2c(C)cc(C)[nH]c2=O)c1C. The Kier molecular flexibility index (Phi) is 7.94. The highest BCUT2D eigenvalue weighted by atomic mass is 16.2. The number of fused-ring (bicyclic) bond motifs is 1. The minimum Gasteiger partial charge on any atom is -0.366 e. The number of hydrogen-bond donors (Lipinski definition) is 5. The molecule has 0 bridgehead atoms. The average Bonchev–Trinajstić information content (AvgIpc) is 3.36. The molecule has 0 fully saturated rings. The highest BCUT2D eigenvalue weighted by Crippen LogP contribution is 2.30. The number of amides is 3. The van der Waals surface area contributed by atoms with Gasteiger partial charge in [0.15, 0.2) is 0 Å². The fourth-order valence-electron chi connectivity index (χ4n) is 5.18. The number of anilines is 1. The van der Waals surface area contributed by atoms with Crippen LogP contribution < -0.4 is 21.9 Å². The van der Waals surface area contributed by atoms with Crippen LogP contribution in [0.3, 0.4) is 0 Å². The van der Waals surface area contributed by atoms with Crippen LogP contribution in [0.2, 0.25) is 0 Å². The molecule has 10 nitrogen and oxygen atoms in total. The molecule has 0 unspecified atom stereocenters. The van der Waals surface area contributed by atoms with Crippen LogP contribution in [0.5, 0.6) is 0 Å². The number of carbonyl (C=O) groups excluding carboxylic acids is 3. The van der Waals surface area contributed by atoms with Crippen LogP contribution in [-0.4, -0.2) is 32.7 Å².